The lowest BCUT2D eigenvalue weighted by molar-refractivity contribution is -0.384. The van der Waals surface area contributed by atoms with E-state index in [9.17, 15) is 19.7 Å². The molecular formula is C12H7N7O4. The van der Waals surface area contributed by atoms with Gasteiger partial charge in [-0.2, -0.15) is 9.50 Å². The number of fused-ring (bicyclic) bond motifs is 3. The first-order chi connectivity index (χ1) is 11.0. The molecule has 0 bridgehead atoms. The third-order valence-corrected chi connectivity index (χ3v) is 3.40. The first kappa shape index (κ1) is 12.9. The van der Waals surface area contributed by atoms with Gasteiger partial charge in [0.15, 0.2) is 5.65 Å². The van der Waals surface area contributed by atoms with E-state index in [-0.39, 0.29) is 22.4 Å². The van der Waals surface area contributed by atoms with Crippen molar-refractivity contribution in [1.29, 1.82) is 0 Å². The van der Waals surface area contributed by atoms with Gasteiger partial charge in [-0.1, -0.05) is 0 Å². The van der Waals surface area contributed by atoms with E-state index < -0.39 is 16.3 Å². The van der Waals surface area contributed by atoms with Crippen LogP contribution in [-0.4, -0.2) is 34.5 Å². The lowest BCUT2D eigenvalue weighted by Crippen LogP contribution is -2.18. The number of aromatic amines is 3. The average molecular weight is 313 g/mol. The van der Waals surface area contributed by atoms with Crippen molar-refractivity contribution in [2.75, 3.05) is 0 Å². The van der Waals surface area contributed by atoms with Crippen LogP contribution in [0, 0.1) is 10.1 Å². The molecule has 3 heterocycles. The number of hydrogen-bond acceptors (Lipinski definition) is 6. The molecule has 11 nitrogen and oxygen atoms in total. The molecule has 0 radical (unpaired) electrons. The molecule has 0 aliphatic heterocycles. The van der Waals surface area contributed by atoms with Gasteiger partial charge in [0.1, 0.15) is 5.82 Å². The Morgan fingerprint density at radius 2 is 2.09 bits per heavy atom. The van der Waals surface area contributed by atoms with E-state index in [4.69, 9.17) is 0 Å². The van der Waals surface area contributed by atoms with Crippen LogP contribution in [0.4, 0.5) is 5.69 Å². The summed E-state index contributed by atoms with van der Waals surface area (Å²) in [5.74, 6) is 0.292. The van der Waals surface area contributed by atoms with Crippen LogP contribution in [0.15, 0.2) is 34.1 Å². The minimum absolute atomic E-state index is 0.0801. The summed E-state index contributed by atoms with van der Waals surface area (Å²) in [6.45, 7) is 0. The van der Waals surface area contributed by atoms with E-state index in [1.807, 2.05) is 0 Å². The van der Waals surface area contributed by atoms with Gasteiger partial charge in [0.2, 0.25) is 0 Å². The number of hydrogen-bond donors (Lipinski definition) is 3. The zero-order valence-electron chi connectivity index (χ0n) is 11.2. The quantitative estimate of drug-likeness (QED) is 0.353. The summed E-state index contributed by atoms with van der Waals surface area (Å²) in [4.78, 5) is 47.1. The van der Waals surface area contributed by atoms with Crippen molar-refractivity contribution >= 4 is 22.2 Å². The van der Waals surface area contributed by atoms with Crippen LogP contribution in [0.5, 0.6) is 0 Å². The minimum atomic E-state index is -0.694. The fraction of sp³-hybridized carbons (Fsp3) is 0. The Morgan fingerprint density at radius 1 is 1.26 bits per heavy atom. The lowest BCUT2D eigenvalue weighted by Gasteiger charge is -2.04. The molecule has 0 spiro atoms. The SMILES string of the molecule is O=c1nc2c3cc(-c4ncc[nH]4)c([N+](=O)[O-])cc3[nH]c(=O)n2[nH]1. The molecule has 0 atom stereocenters. The average Bonchev–Trinajstić information content (AvgIpc) is 3.15. The number of aromatic nitrogens is 6. The van der Waals surface area contributed by atoms with Crippen molar-refractivity contribution < 1.29 is 4.92 Å². The maximum Gasteiger partial charge on any atom is 0.362 e. The summed E-state index contributed by atoms with van der Waals surface area (Å²) < 4.78 is 0.947. The van der Waals surface area contributed by atoms with E-state index in [0.717, 1.165) is 4.52 Å². The van der Waals surface area contributed by atoms with E-state index in [2.05, 4.69) is 25.0 Å². The van der Waals surface area contributed by atoms with E-state index in [1.54, 1.807) is 0 Å². The zero-order chi connectivity index (χ0) is 16.1. The van der Waals surface area contributed by atoms with Crippen molar-refractivity contribution in [2.45, 2.75) is 0 Å². The molecule has 3 N–H and O–H groups in total. The maximum atomic E-state index is 11.9. The second kappa shape index (κ2) is 4.37. The molecule has 0 amide bonds. The van der Waals surface area contributed by atoms with Crippen LogP contribution < -0.4 is 11.4 Å². The molecule has 4 aromatic rings. The molecule has 0 saturated carbocycles. The van der Waals surface area contributed by atoms with Crippen molar-refractivity contribution in [3.63, 3.8) is 0 Å². The predicted molar refractivity (Wildman–Crippen MR) is 78.2 cm³/mol. The van der Waals surface area contributed by atoms with Gasteiger partial charge in [0.25, 0.3) is 5.69 Å². The summed E-state index contributed by atoms with van der Waals surface area (Å²) in [5, 5.41) is 13.9. The molecule has 1 aromatic carbocycles. The van der Waals surface area contributed by atoms with E-state index in [0.29, 0.717) is 11.2 Å². The Bertz CT molecular complexity index is 1180. The smallest absolute Gasteiger partial charge is 0.344 e. The highest BCUT2D eigenvalue weighted by Gasteiger charge is 2.21. The van der Waals surface area contributed by atoms with Crippen molar-refractivity contribution in [3.05, 3.63) is 55.6 Å². The first-order valence-corrected chi connectivity index (χ1v) is 6.37. The zero-order valence-corrected chi connectivity index (χ0v) is 11.2. The van der Waals surface area contributed by atoms with Crippen LogP contribution >= 0.6 is 0 Å². The Hall–Kier alpha value is -3.76. The summed E-state index contributed by atoms with van der Waals surface area (Å²) in [5.41, 5.74) is -1.08. The number of imidazole rings is 1. The van der Waals surface area contributed by atoms with Gasteiger partial charge >= 0.3 is 11.4 Å². The summed E-state index contributed by atoms with van der Waals surface area (Å²) >= 11 is 0. The first-order valence-electron chi connectivity index (χ1n) is 6.37. The van der Waals surface area contributed by atoms with Crippen molar-refractivity contribution in [3.8, 4) is 11.4 Å². The molecule has 0 fully saturated rings. The van der Waals surface area contributed by atoms with Crippen LogP contribution in [-0.2, 0) is 0 Å². The van der Waals surface area contributed by atoms with Gasteiger partial charge in [0.05, 0.1) is 16.0 Å². The highest BCUT2D eigenvalue weighted by molar-refractivity contribution is 5.96. The Morgan fingerprint density at radius 3 is 2.78 bits per heavy atom. The largest absolute Gasteiger partial charge is 0.362 e. The highest BCUT2D eigenvalue weighted by Crippen LogP contribution is 2.31. The molecule has 11 heteroatoms. The van der Waals surface area contributed by atoms with Gasteiger partial charge in [-0.25, -0.2) is 19.7 Å². The Balaban J connectivity index is 2.21. The fourth-order valence-electron chi connectivity index (χ4n) is 2.45. The number of nitro groups is 1. The number of rotatable bonds is 2. The van der Waals surface area contributed by atoms with Crippen LogP contribution in [0.25, 0.3) is 27.9 Å². The molecule has 0 aliphatic rings. The third kappa shape index (κ3) is 1.83. The summed E-state index contributed by atoms with van der Waals surface area (Å²) in [6.07, 6.45) is 3.00. The normalized spacial score (nSPS) is 11.3. The fourth-order valence-corrected chi connectivity index (χ4v) is 2.45. The number of H-pyrrole nitrogens is 3. The monoisotopic (exact) mass is 313 g/mol. The van der Waals surface area contributed by atoms with Gasteiger partial charge in [-0.3, -0.25) is 10.1 Å². The van der Waals surface area contributed by atoms with E-state index >= 15 is 0 Å². The van der Waals surface area contributed by atoms with Crippen LogP contribution in [0.3, 0.4) is 0 Å². The standard InChI is InChI=1S/C12H7N7O4/c20-11-16-10-5-3-6(9-13-1-2-14-9)8(19(22)23)4-7(5)15-12(21)18(10)17-11/h1-4H,(H,13,14)(H,15,21)(H,17,20). The molecular weight excluding hydrogens is 306 g/mol. The Labute approximate surface area is 124 Å². The van der Waals surface area contributed by atoms with Crippen molar-refractivity contribution in [2.24, 2.45) is 0 Å². The molecule has 0 unspecified atom stereocenters. The van der Waals surface area contributed by atoms with Gasteiger partial charge in [-0.15, -0.1) is 0 Å². The maximum absolute atomic E-state index is 11.9. The molecule has 3 aromatic heterocycles. The van der Waals surface area contributed by atoms with Gasteiger partial charge in [-0.05, 0) is 6.07 Å². The molecule has 0 aliphatic carbocycles. The number of nitro benzene ring substituents is 1. The number of nitrogens with one attached hydrogen (secondary N) is 3. The second-order valence-electron chi connectivity index (χ2n) is 4.73. The molecule has 0 saturated heterocycles. The van der Waals surface area contributed by atoms with Crippen LogP contribution in [0.1, 0.15) is 0 Å². The third-order valence-electron chi connectivity index (χ3n) is 3.40. The van der Waals surface area contributed by atoms with E-state index in [1.165, 1.54) is 24.5 Å². The molecule has 23 heavy (non-hydrogen) atoms. The topological polar surface area (TPSA) is 155 Å². The van der Waals surface area contributed by atoms with Gasteiger partial charge < -0.3 is 9.97 Å². The summed E-state index contributed by atoms with van der Waals surface area (Å²) in [6, 6.07) is 2.67. The molecule has 4 rings (SSSR count). The number of benzene rings is 1. The highest BCUT2D eigenvalue weighted by atomic mass is 16.6. The van der Waals surface area contributed by atoms with Crippen molar-refractivity contribution in [1.82, 2.24) is 29.5 Å². The summed E-state index contributed by atoms with van der Waals surface area (Å²) in [7, 11) is 0. The minimum Gasteiger partial charge on any atom is -0.344 e. The van der Waals surface area contributed by atoms with Crippen LogP contribution in [0.2, 0.25) is 0 Å². The predicted octanol–water partition coefficient (Wildman–Crippen LogP) is 0.162. The van der Waals surface area contributed by atoms with Gasteiger partial charge in [0, 0.05) is 23.8 Å². The Kier molecular flexibility index (Phi) is 2.46. The number of nitrogens with zero attached hydrogens (tertiary/aromatic N) is 4. The second-order valence-corrected chi connectivity index (χ2v) is 4.73. The lowest BCUT2D eigenvalue weighted by atomic mass is 10.1. The molecule has 114 valence electrons.